The van der Waals surface area contributed by atoms with Gasteiger partial charge in [-0.05, 0) is 19.1 Å². The fourth-order valence-electron chi connectivity index (χ4n) is 0.988. The fourth-order valence-corrected chi connectivity index (χ4v) is 0.988. The Balaban J connectivity index is 2.70. The van der Waals surface area contributed by atoms with E-state index in [0.29, 0.717) is 12.1 Å². The predicted octanol–water partition coefficient (Wildman–Crippen LogP) is 1.09. The zero-order valence-electron chi connectivity index (χ0n) is 8.86. The lowest BCUT2D eigenvalue weighted by molar-refractivity contribution is 0.0689. The molecule has 1 heterocycles. The van der Waals surface area contributed by atoms with Crippen LogP contribution in [0.2, 0.25) is 0 Å². The van der Waals surface area contributed by atoms with Gasteiger partial charge >= 0.3 is 5.97 Å². The van der Waals surface area contributed by atoms with E-state index in [0.717, 1.165) is 5.57 Å². The van der Waals surface area contributed by atoms with Crippen molar-refractivity contribution in [3.8, 4) is 0 Å². The summed E-state index contributed by atoms with van der Waals surface area (Å²) in [4.78, 5) is 25.7. The number of nitrogens with one attached hydrogen (secondary N) is 1. The maximum atomic E-state index is 11.5. The highest BCUT2D eigenvalue weighted by Crippen LogP contribution is 2.00. The lowest BCUT2D eigenvalue weighted by Gasteiger charge is -2.04. The van der Waals surface area contributed by atoms with Gasteiger partial charge in [-0.15, -0.1) is 0 Å². The molecule has 0 atom stereocenters. The Morgan fingerprint density at radius 2 is 2.19 bits per heavy atom. The lowest BCUT2D eigenvalue weighted by atomic mass is 10.2. The van der Waals surface area contributed by atoms with E-state index in [1.54, 1.807) is 6.92 Å². The van der Waals surface area contributed by atoms with Gasteiger partial charge in [-0.2, -0.15) is 0 Å². The van der Waals surface area contributed by atoms with Crippen molar-refractivity contribution < 1.29 is 14.7 Å². The number of aromatic carboxylic acids is 1. The Bertz CT molecular complexity index is 423. The van der Waals surface area contributed by atoms with Crippen molar-refractivity contribution in [3.05, 3.63) is 41.7 Å². The van der Waals surface area contributed by atoms with E-state index in [4.69, 9.17) is 5.11 Å². The van der Waals surface area contributed by atoms with Crippen LogP contribution in [0.25, 0.3) is 0 Å². The average Bonchev–Trinajstić information content (AvgIpc) is 2.26. The highest BCUT2D eigenvalue weighted by Gasteiger charge is 2.08. The Hall–Kier alpha value is -2.17. The molecule has 1 aromatic heterocycles. The van der Waals surface area contributed by atoms with Crippen molar-refractivity contribution in [2.45, 2.75) is 6.92 Å². The van der Waals surface area contributed by atoms with Crippen LogP contribution < -0.4 is 5.32 Å². The Morgan fingerprint density at radius 3 is 2.62 bits per heavy atom. The van der Waals surface area contributed by atoms with Crippen LogP contribution in [0, 0.1) is 0 Å². The number of carboxylic acid groups (broad SMARTS) is 1. The molecule has 0 aliphatic heterocycles. The van der Waals surface area contributed by atoms with E-state index in [-0.39, 0.29) is 11.6 Å². The fraction of sp³-hybridized carbons (Fsp3) is 0.182. The molecule has 0 unspecified atom stereocenters. The highest BCUT2D eigenvalue weighted by molar-refractivity contribution is 5.94. The minimum absolute atomic E-state index is 0.0866. The van der Waals surface area contributed by atoms with Gasteiger partial charge in [0, 0.05) is 12.7 Å². The number of amides is 1. The van der Waals surface area contributed by atoms with Crippen LogP contribution in [0.3, 0.4) is 0 Å². The van der Waals surface area contributed by atoms with E-state index in [1.807, 2.05) is 0 Å². The second-order valence-corrected chi connectivity index (χ2v) is 3.38. The highest BCUT2D eigenvalue weighted by atomic mass is 16.4. The number of carboxylic acids is 1. The van der Waals surface area contributed by atoms with Gasteiger partial charge in [0.25, 0.3) is 5.91 Å². The smallest absolute Gasteiger partial charge is 0.354 e. The van der Waals surface area contributed by atoms with Gasteiger partial charge in [0.2, 0.25) is 0 Å². The normalized spacial score (nSPS) is 9.56. The van der Waals surface area contributed by atoms with E-state index >= 15 is 0 Å². The molecular weight excluding hydrogens is 208 g/mol. The summed E-state index contributed by atoms with van der Waals surface area (Å²) in [5.41, 5.74) is 1.08. The molecule has 16 heavy (non-hydrogen) atoms. The van der Waals surface area contributed by atoms with Gasteiger partial charge in [-0.1, -0.05) is 12.2 Å². The molecule has 0 aromatic carbocycles. The molecule has 0 bridgehead atoms. The third-order valence-corrected chi connectivity index (χ3v) is 1.80. The number of pyridine rings is 1. The van der Waals surface area contributed by atoms with Crippen LogP contribution in [0.1, 0.15) is 27.8 Å². The number of aromatic nitrogens is 1. The van der Waals surface area contributed by atoms with E-state index in [9.17, 15) is 9.59 Å². The zero-order valence-corrected chi connectivity index (χ0v) is 8.86. The van der Waals surface area contributed by atoms with Crippen LogP contribution in [0.15, 0.2) is 30.5 Å². The topological polar surface area (TPSA) is 79.3 Å². The van der Waals surface area contributed by atoms with Crippen molar-refractivity contribution >= 4 is 11.9 Å². The molecule has 0 aliphatic rings. The molecular formula is C11H12N2O3. The largest absolute Gasteiger partial charge is 0.477 e. The third kappa shape index (κ3) is 3.20. The molecule has 5 heteroatoms. The van der Waals surface area contributed by atoms with Crippen molar-refractivity contribution in [2.24, 2.45) is 0 Å². The Labute approximate surface area is 92.8 Å². The molecule has 0 aliphatic carbocycles. The molecule has 84 valence electrons. The van der Waals surface area contributed by atoms with Gasteiger partial charge < -0.3 is 10.4 Å². The number of carbonyl (C=O) groups is 2. The van der Waals surface area contributed by atoms with Crippen molar-refractivity contribution in [2.75, 3.05) is 6.54 Å². The Morgan fingerprint density at radius 1 is 1.50 bits per heavy atom. The van der Waals surface area contributed by atoms with Gasteiger partial charge in [0.1, 0.15) is 5.69 Å². The van der Waals surface area contributed by atoms with Crippen LogP contribution in [-0.4, -0.2) is 28.5 Å². The average molecular weight is 220 g/mol. The van der Waals surface area contributed by atoms with Gasteiger partial charge in [-0.25, -0.2) is 9.78 Å². The summed E-state index contributed by atoms with van der Waals surface area (Å²) in [5.74, 6) is -1.42. The maximum Gasteiger partial charge on any atom is 0.354 e. The summed E-state index contributed by atoms with van der Waals surface area (Å²) in [6.45, 7) is 5.84. The number of nitrogens with zero attached hydrogens (tertiary/aromatic N) is 1. The molecule has 0 spiro atoms. The molecule has 0 saturated heterocycles. The first-order valence-electron chi connectivity index (χ1n) is 4.62. The molecule has 1 rings (SSSR count). The van der Waals surface area contributed by atoms with Crippen molar-refractivity contribution in [1.29, 1.82) is 0 Å². The number of carbonyl (C=O) groups excluding carboxylic acids is 1. The first kappa shape index (κ1) is 11.9. The first-order valence-corrected chi connectivity index (χ1v) is 4.62. The van der Waals surface area contributed by atoms with Gasteiger partial charge in [0.05, 0.1) is 5.56 Å². The molecule has 0 fully saturated rings. The van der Waals surface area contributed by atoms with Crippen LogP contribution in [-0.2, 0) is 0 Å². The molecule has 1 aromatic rings. The summed E-state index contributed by atoms with van der Waals surface area (Å²) in [6, 6.07) is 2.71. The van der Waals surface area contributed by atoms with E-state index in [2.05, 4.69) is 16.9 Å². The van der Waals surface area contributed by atoms with Crippen LogP contribution in [0.5, 0.6) is 0 Å². The summed E-state index contributed by atoms with van der Waals surface area (Å²) in [6.07, 6.45) is 1.23. The minimum Gasteiger partial charge on any atom is -0.477 e. The summed E-state index contributed by atoms with van der Waals surface area (Å²) < 4.78 is 0. The monoisotopic (exact) mass is 220 g/mol. The Kier molecular flexibility index (Phi) is 3.77. The standard InChI is InChI=1S/C11H12N2O3/c1-7(2)5-13-10(14)8-3-4-9(11(15)16)12-6-8/h3-4,6H,1,5H2,2H3,(H,13,14)(H,15,16). The minimum atomic E-state index is -1.12. The van der Waals surface area contributed by atoms with Crippen LogP contribution in [0.4, 0.5) is 0 Å². The number of rotatable bonds is 4. The second-order valence-electron chi connectivity index (χ2n) is 3.38. The molecule has 2 N–H and O–H groups in total. The lowest BCUT2D eigenvalue weighted by Crippen LogP contribution is -2.25. The zero-order chi connectivity index (χ0) is 12.1. The number of hydrogen-bond acceptors (Lipinski definition) is 3. The van der Waals surface area contributed by atoms with Gasteiger partial charge in [0.15, 0.2) is 0 Å². The quantitative estimate of drug-likeness (QED) is 0.744. The second kappa shape index (κ2) is 5.06. The van der Waals surface area contributed by atoms with Gasteiger partial charge in [-0.3, -0.25) is 4.79 Å². The van der Waals surface area contributed by atoms with Crippen molar-refractivity contribution in [1.82, 2.24) is 10.3 Å². The number of hydrogen-bond donors (Lipinski definition) is 2. The van der Waals surface area contributed by atoms with E-state index in [1.165, 1.54) is 18.3 Å². The SMILES string of the molecule is C=C(C)CNC(=O)c1ccc(C(=O)O)nc1. The third-order valence-electron chi connectivity index (χ3n) is 1.80. The molecule has 0 radical (unpaired) electrons. The van der Waals surface area contributed by atoms with Crippen molar-refractivity contribution in [3.63, 3.8) is 0 Å². The van der Waals surface area contributed by atoms with E-state index < -0.39 is 5.97 Å². The first-order chi connectivity index (χ1) is 7.50. The molecule has 1 amide bonds. The molecule has 0 saturated carbocycles. The van der Waals surface area contributed by atoms with Crippen LogP contribution >= 0.6 is 0 Å². The summed E-state index contributed by atoms with van der Waals surface area (Å²) in [5, 5.41) is 11.2. The maximum absolute atomic E-state index is 11.5. The molecule has 5 nitrogen and oxygen atoms in total. The summed E-state index contributed by atoms with van der Waals surface area (Å²) >= 11 is 0. The predicted molar refractivity (Wildman–Crippen MR) is 58.3 cm³/mol. The summed E-state index contributed by atoms with van der Waals surface area (Å²) in [7, 11) is 0.